The van der Waals surface area contributed by atoms with Crippen LogP contribution in [0.3, 0.4) is 0 Å². The minimum Gasteiger partial charge on any atom is -0.481 e. The second-order valence-electron chi connectivity index (χ2n) is 5.10. The fourth-order valence-corrected chi connectivity index (χ4v) is 2.90. The van der Waals surface area contributed by atoms with Gasteiger partial charge >= 0.3 is 5.97 Å². The van der Waals surface area contributed by atoms with Crippen LogP contribution >= 0.6 is 0 Å². The maximum Gasteiger partial charge on any atom is 0.306 e. The molecule has 0 spiro atoms. The maximum atomic E-state index is 11.0. The van der Waals surface area contributed by atoms with Gasteiger partial charge in [0.2, 0.25) is 0 Å². The largest absolute Gasteiger partial charge is 0.481 e. The number of aryl methyl sites for hydroxylation is 1. The molecule has 2 heteroatoms. The lowest BCUT2D eigenvalue weighted by Gasteiger charge is -2.17. The number of carboxylic acid groups (broad SMARTS) is 1. The van der Waals surface area contributed by atoms with E-state index in [1.54, 1.807) is 0 Å². The van der Waals surface area contributed by atoms with Crippen molar-refractivity contribution in [2.24, 2.45) is 5.92 Å². The summed E-state index contributed by atoms with van der Waals surface area (Å²) in [6.07, 6.45) is 4.86. The van der Waals surface area contributed by atoms with Gasteiger partial charge in [-0.3, -0.25) is 4.79 Å². The summed E-state index contributed by atoms with van der Waals surface area (Å²) < 4.78 is 0. The molecule has 92 valence electrons. The van der Waals surface area contributed by atoms with Crippen molar-refractivity contribution in [2.45, 2.75) is 44.9 Å². The van der Waals surface area contributed by atoms with E-state index in [2.05, 4.69) is 31.2 Å². The van der Waals surface area contributed by atoms with Crippen molar-refractivity contribution >= 4 is 5.97 Å². The second-order valence-corrected chi connectivity index (χ2v) is 5.10. The van der Waals surface area contributed by atoms with Gasteiger partial charge in [-0.25, -0.2) is 0 Å². The Morgan fingerprint density at radius 2 is 1.94 bits per heavy atom. The molecule has 1 aromatic rings. The molecule has 1 aliphatic carbocycles. The second kappa shape index (κ2) is 5.35. The van der Waals surface area contributed by atoms with Gasteiger partial charge in [-0.1, -0.05) is 30.7 Å². The molecule has 0 aromatic heterocycles. The molecule has 1 saturated carbocycles. The topological polar surface area (TPSA) is 37.3 Å². The Balaban J connectivity index is 2.09. The molecule has 0 saturated heterocycles. The lowest BCUT2D eigenvalue weighted by Crippen LogP contribution is -2.12. The van der Waals surface area contributed by atoms with E-state index in [-0.39, 0.29) is 5.92 Å². The molecule has 2 rings (SSSR count). The highest BCUT2D eigenvalue weighted by molar-refractivity contribution is 5.69. The molecule has 2 nitrogen and oxygen atoms in total. The highest BCUT2D eigenvalue weighted by Crippen LogP contribution is 2.35. The number of hydrogen-bond acceptors (Lipinski definition) is 1. The molecule has 0 amide bonds. The standard InChI is InChI=1S/C15H20O2/c1-11-5-2-3-8-14(11)12-6-4-7-13(10-9-12)15(16)17/h2-3,5,8,12-13H,4,6-7,9-10H2,1H3,(H,16,17). The Labute approximate surface area is 103 Å². The molecular formula is C15H20O2. The van der Waals surface area contributed by atoms with Gasteiger partial charge in [0.05, 0.1) is 5.92 Å². The summed E-state index contributed by atoms with van der Waals surface area (Å²) in [4.78, 5) is 11.0. The van der Waals surface area contributed by atoms with Crippen LogP contribution in [-0.4, -0.2) is 11.1 Å². The van der Waals surface area contributed by atoms with Gasteiger partial charge in [0, 0.05) is 0 Å². The first-order chi connectivity index (χ1) is 8.18. The lowest BCUT2D eigenvalue weighted by molar-refractivity contribution is -0.142. The van der Waals surface area contributed by atoms with Gasteiger partial charge in [0.25, 0.3) is 0 Å². The molecule has 2 atom stereocenters. The van der Waals surface area contributed by atoms with E-state index in [4.69, 9.17) is 5.11 Å². The number of aliphatic carboxylic acids is 1. The average molecular weight is 232 g/mol. The lowest BCUT2D eigenvalue weighted by atomic mass is 9.88. The van der Waals surface area contributed by atoms with Crippen molar-refractivity contribution in [2.75, 3.05) is 0 Å². The summed E-state index contributed by atoms with van der Waals surface area (Å²) in [5, 5.41) is 9.07. The SMILES string of the molecule is Cc1ccccc1C1CCCC(C(=O)O)CC1. The van der Waals surface area contributed by atoms with Crippen molar-refractivity contribution in [3.8, 4) is 0 Å². The van der Waals surface area contributed by atoms with Crippen LogP contribution in [0.4, 0.5) is 0 Å². The van der Waals surface area contributed by atoms with Gasteiger partial charge in [0.1, 0.15) is 0 Å². The minimum absolute atomic E-state index is 0.121. The van der Waals surface area contributed by atoms with Crippen LogP contribution in [0.2, 0.25) is 0 Å². The molecule has 17 heavy (non-hydrogen) atoms. The van der Waals surface area contributed by atoms with Crippen LogP contribution in [0.25, 0.3) is 0 Å². The predicted octanol–water partition coefficient (Wildman–Crippen LogP) is 3.74. The summed E-state index contributed by atoms with van der Waals surface area (Å²) in [6.45, 7) is 2.15. The minimum atomic E-state index is -0.615. The number of hydrogen-bond donors (Lipinski definition) is 1. The Morgan fingerprint density at radius 1 is 1.18 bits per heavy atom. The molecule has 0 radical (unpaired) electrons. The molecule has 1 aromatic carbocycles. The molecule has 2 unspecified atom stereocenters. The van der Waals surface area contributed by atoms with E-state index in [0.717, 1.165) is 32.1 Å². The Kier molecular flexibility index (Phi) is 3.82. The summed E-state index contributed by atoms with van der Waals surface area (Å²) >= 11 is 0. The highest BCUT2D eigenvalue weighted by atomic mass is 16.4. The van der Waals surface area contributed by atoms with E-state index >= 15 is 0 Å². The van der Waals surface area contributed by atoms with Crippen molar-refractivity contribution in [3.63, 3.8) is 0 Å². The first kappa shape index (κ1) is 12.2. The number of carbonyl (C=O) groups is 1. The molecular weight excluding hydrogens is 212 g/mol. The van der Waals surface area contributed by atoms with Crippen LogP contribution in [-0.2, 0) is 4.79 Å². The summed E-state index contributed by atoms with van der Waals surface area (Å²) in [5.41, 5.74) is 2.75. The first-order valence-corrected chi connectivity index (χ1v) is 6.47. The quantitative estimate of drug-likeness (QED) is 0.789. The third-order valence-corrected chi connectivity index (χ3v) is 3.95. The van der Waals surface area contributed by atoms with Gasteiger partial charge in [-0.05, 0) is 49.7 Å². The first-order valence-electron chi connectivity index (χ1n) is 6.47. The molecule has 1 N–H and O–H groups in total. The van der Waals surface area contributed by atoms with Gasteiger partial charge in [0.15, 0.2) is 0 Å². The van der Waals surface area contributed by atoms with Crippen molar-refractivity contribution < 1.29 is 9.90 Å². The van der Waals surface area contributed by atoms with E-state index in [0.29, 0.717) is 5.92 Å². The zero-order chi connectivity index (χ0) is 12.3. The van der Waals surface area contributed by atoms with Crippen molar-refractivity contribution in [3.05, 3.63) is 35.4 Å². The van der Waals surface area contributed by atoms with Crippen LogP contribution in [0.1, 0.15) is 49.1 Å². The van der Waals surface area contributed by atoms with Crippen LogP contribution in [0.5, 0.6) is 0 Å². The fourth-order valence-electron chi connectivity index (χ4n) is 2.90. The molecule has 0 bridgehead atoms. The van der Waals surface area contributed by atoms with E-state index in [1.165, 1.54) is 11.1 Å². The van der Waals surface area contributed by atoms with Crippen molar-refractivity contribution in [1.29, 1.82) is 0 Å². The van der Waals surface area contributed by atoms with Gasteiger partial charge in [-0.15, -0.1) is 0 Å². The van der Waals surface area contributed by atoms with Crippen LogP contribution < -0.4 is 0 Å². The van der Waals surface area contributed by atoms with E-state index < -0.39 is 5.97 Å². The van der Waals surface area contributed by atoms with E-state index in [1.807, 2.05) is 0 Å². The molecule has 0 heterocycles. The summed E-state index contributed by atoms with van der Waals surface area (Å²) in [5.74, 6) is -0.181. The molecule has 1 fully saturated rings. The maximum absolute atomic E-state index is 11.0. The van der Waals surface area contributed by atoms with Crippen LogP contribution in [0.15, 0.2) is 24.3 Å². The molecule has 1 aliphatic rings. The predicted molar refractivity (Wildman–Crippen MR) is 68.1 cm³/mol. The Morgan fingerprint density at radius 3 is 2.65 bits per heavy atom. The third-order valence-electron chi connectivity index (χ3n) is 3.95. The van der Waals surface area contributed by atoms with Crippen LogP contribution in [0, 0.1) is 12.8 Å². The smallest absolute Gasteiger partial charge is 0.306 e. The zero-order valence-corrected chi connectivity index (χ0v) is 10.4. The van der Waals surface area contributed by atoms with Gasteiger partial charge in [-0.2, -0.15) is 0 Å². The number of rotatable bonds is 2. The van der Waals surface area contributed by atoms with Gasteiger partial charge < -0.3 is 5.11 Å². The number of carboxylic acids is 1. The summed E-state index contributed by atoms with van der Waals surface area (Å²) in [7, 11) is 0. The third kappa shape index (κ3) is 2.87. The van der Waals surface area contributed by atoms with Crippen molar-refractivity contribution in [1.82, 2.24) is 0 Å². The molecule has 0 aliphatic heterocycles. The Bertz CT molecular complexity index is 398. The van der Waals surface area contributed by atoms with E-state index in [9.17, 15) is 4.79 Å². The highest BCUT2D eigenvalue weighted by Gasteiger charge is 2.24. The normalized spacial score (nSPS) is 25.2. The summed E-state index contributed by atoms with van der Waals surface area (Å²) in [6, 6.07) is 8.49. The average Bonchev–Trinajstić information content (AvgIpc) is 2.55. The number of benzene rings is 1. The monoisotopic (exact) mass is 232 g/mol. The Hall–Kier alpha value is -1.31. The zero-order valence-electron chi connectivity index (χ0n) is 10.4. The fraction of sp³-hybridized carbons (Fsp3) is 0.533.